The van der Waals surface area contributed by atoms with Crippen LogP contribution in [0.1, 0.15) is 37.3 Å². The second-order valence-corrected chi connectivity index (χ2v) is 8.07. The molecule has 4 rings (SSSR count). The number of benzene rings is 2. The van der Waals surface area contributed by atoms with Crippen LogP contribution in [0, 0.1) is 0 Å². The van der Waals surface area contributed by atoms with Gasteiger partial charge in [0.25, 0.3) is 0 Å². The average Bonchev–Trinajstić information content (AvgIpc) is 3.02. The van der Waals surface area contributed by atoms with Gasteiger partial charge in [-0.05, 0) is 50.0 Å². The summed E-state index contributed by atoms with van der Waals surface area (Å²) in [6.45, 7) is 4.96. The van der Waals surface area contributed by atoms with Crippen LogP contribution in [0.15, 0.2) is 66.7 Å². The van der Waals surface area contributed by atoms with Gasteiger partial charge in [-0.1, -0.05) is 55.0 Å². The van der Waals surface area contributed by atoms with Crippen LogP contribution >= 0.6 is 0 Å². The lowest BCUT2D eigenvalue weighted by Crippen LogP contribution is -2.46. The normalized spacial score (nSPS) is 20.5. The first-order chi connectivity index (χ1) is 15.3. The first-order valence-corrected chi connectivity index (χ1v) is 10.7. The van der Waals surface area contributed by atoms with Crippen molar-refractivity contribution in [2.75, 3.05) is 24.7 Å². The van der Waals surface area contributed by atoms with Crippen LogP contribution in [-0.4, -0.2) is 52.7 Å². The Morgan fingerprint density at radius 3 is 2.06 bits per heavy atom. The highest BCUT2D eigenvalue weighted by molar-refractivity contribution is 6.10. The minimum atomic E-state index is -1.26. The Morgan fingerprint density at radius 1 is 0.906 bits per heavy atom. The van der Waals surface area contributed by atoms with Crippen molar-refractivity contribution in [3.63, 3.8) is 0 Å². The van der Waals surface area contributed by atoms with E-state index in [1.54, 1.807) is 0 Å². The SMILES string of the molecule is CC1(c2ccccc2)C(=O)N(CN2CCCCC2)c2ccccc21.O=C(O)/C=C/C(=O)O. The summed E-state index contributed by atoms with van der Waals surface area (Å²) in [6.07, 6.45) is 4.90. The highest BCUT2D eigenvalue weighted by Crippen LogP contribution is 2.45. The third-order valence-corrected chi connectivity index (χ3v) is 5.92. The number of piperidine rings is 1. The number of carbonyl (C=O) groups excluding carboxylic acids is 1. The molecule has 1 saturated heterocycles. The fraction of sp³-hybridized carbons (Fsp3) is 0.320. The predicted octanol–water partition coefficient (Wildman–Crippen LogP) is 3.49. The van der Waals surface area contributed by atoms with Gasteiger partial charge in [-0.15, -0.1) is 0 Å². The van der Waals surface area contributed by atoms with Crippen LogP contribution < -0.4 is 4.90 Å². The van der Waals surface area contributed by atoms with E-state index in [9.17, 15) is 14.4 Å². The van der Waals surface area contributed by atoms with Crippen molar-refractivity contribution in [1.82, 2.24) is 4.90 Å². The smallest absolute Gasteiger partial charge is 0.328 e. The minimum Gasteiger partial charge on any atom is -0.478 e. The van der Waals surface area contributed by atoms with Crippen LogP contribution in [0.5, 0.6) is 0 Å². The van der Waals surface area contributed by atoms with Crippen LogP contribution in [0.4, 0.5) is 5.69 Å². The van der Waals surface area contributed by atoms with E-state index in [2.05, 4.69) is 36.1 Å². The average molecular weight is 437 g/mol. The molecular weight excluding hydrogens is 408 g/mol. The number of carboxylic acids is 2. The van der Waals surface area contributed by atoms with E-state index in [0.717, 1.165) is 29.9 Å². The van der Waals surface area contributed by atoms with Crippen LogP contribution in [-0.2, 0) is 19.8 Å². The topological polar surface area (TPSA) is 98.2 Å². The fourth-order valence-corrected chi connectivity index (χ4v) is 4.26. The fourth-order valence-electron chi connectivity index (χ4n) is 4.26. The minimum absolute atomic E-state index is 0.195. The Morgan fingerprint density at radius 2 is 1.47 bits per heavy atom. The number of likely N-dealkylation sites (tertiary alicyclic amines) is 1. The molecule has 2 aromatic rings. The van der Waals surface area contributed by atoms with Crippen molar-refractivity contribution in [2.45, 2.75) is 31.6 Å². The summed E-state index contributed by atoms with van der Waals surface area (Å²) in [7, 11) is 0. The zero-order chi connectivity index (χ0) is 23.1. The van der Waals surface area contributed by atoms with Crippen LogP contribution in [0.3, 0.4) is 0 Å². The quantitative estimate of drug-likeness (QED) is 0.697. The molecule has 1 atom stereocenters. The molecule has 0 radical (unpaired) electrons. The predicted molar refractivity (Wildman–Crippen MR) is 122 cm³/mol. The van der Waals surface area contributed by atoms with Gasteiger partial charge in [0.1, 0.15) is 0 Å². The van der Waals surface area contributed by atoms with Gasteiger partial charge >= 0.3 is 11.9 Å². The van der Waals surface area contributed by atoms with Gasteiger partial charge in [0.2, 0.25) is 5.91 Å². The van der Waals surface area contributed by atoms with Crippen molar-refractivity contribution in [3.05, 3.63) is 77.9 Å². The number of fused-ring (bicyclic) bond motifs is 1. The highest BCUT2D eigenvalue weighted by Gasteiger charge is 2.48. The number of carboxylic acid groups (broad SMARTS) is 2. The zero-order valence-corrected chi connectivity index (χ0v) is 18.1. The number of aliphatic carboxylic acids is 2. The van der Waals surface area contributed by atoms with E-state index >= 15 is 0 Å². The largest absolute Gasteiger partial charge is 0.478 e. The molecule has 0 aliphatic carbocycles. The first-order valence-electron chi connectivity index (χ1n) is 10.7. The highest BCUT2D eigenvalue weighted by atomic mass is 16.4. The summed E-state index contributed by atoms with van der Waals surface area (Å²) < 4.78 is 0. The number of rotatable bonds is 5. The number of carbonyl (C=O) groups is 3. The van der Waals surface area contributed by atoms with Gasteiger partial charge in [0, 0.05) is 17.8 Å². The molecule has 2 heterocycles. The second kappa shape index (κ2) is 10.2. The number of hydrogen-bond donors (Lipinski definition) is 2. The lowest BCUT2D eigenvalue weighted by atomic mass is 9.77. The molecule has 2 aromatic carbocycles. The van der Waals surface area contributed by atoms with Gasteiger partial charge < -0.3 is 10.2 Å². The lowest BCUT2D eigenvalue weighted by molar-refractivity contribution is -0.134. The van der Waals surface area contributed by atoms with E-state index in [0.29, 0.717) is 18.8 Å². The summed E-state index contributed by atoms with van der Waals surface area (Å²) >= 11 is 0. The van der Waals surface area contributed by atoms with Gasteiger partial charge in [0.15, 0.2) is 0 Å². The molecule has 0 saturated carbocycles. The second-order valence-electron chi connectivity index (χ2n) is 8.07. The molecule has 168 valence electrons. The molecule has 2 N–H and O–H groups in total. The molecule has 2 aliphatic rings. The Hall–Kier alpha value is -3.45. The van der Waals surface area contributed by atoms with E-state index < -0.39 is 17.4 Å². The molecule has 1 amide bonds. The molecular formula is C25H28N2O5. The van der Waals surface area contributed by atoms with Crippen molar-refractivity contribution in [2.24, 2.45) is 0 Å². The van der Waals surface area contributed by atoms with Crippen molar-refractivity contribution in [3.8, 4) is 0 Å². The third-order valence-electron chi connectivity index (χ3n) is 5.92. The molecule has 1 fully saturated rings. The van der Waals surface area contributed by atoms with Crippen molar-refractivity contribution >= 4 is 23.5 Å². The van der Waals surface area contributed by atoms with Crippen LogP contribution in [0.25, 0.3) is 0 Å². The third kappa shape index (κ3) is 5.06. The molecule has 2 aliphatic heterocycles. The Kier molecular flexibility index (Phi) is 7.43. The molecule has 7 nitrogen and oxygen atoms in total. The Balaban J connectivity index is 0.000000312. The monoisotopic (exact) mass is 436 g/mol. The molecule has 7 heteroatoms. The summed E-state index contributed by atoms with van der Waals surface area (Å²) in [6, 6.07) is 18.4. The Labute approximate surface area is 187 Å². The van der Waals surface area contributed by atoms with Gasteiger partial charge in [-0.25, -0.2) is 9.59 Å². The summed E-state index contributed by atoms with van der Waals surface area (Å²) in [5, 5.41) is 15.6. The number of anilines is 1. The number of hydrogen-bond acceptors (Lipinski definition) is 4. The maximum absolute atomic E-state index is 13.5. The van der Waals surface area contributed by atoms with Crippen LogP contribution in [0.2, 0.25) is 0 Å². The van der Waals surface area contributed by atoms with Crippen molar-refractivity contribution < 1.29 is 24.6 Å². The number of amides is 1. The van der Waals surface area contributed by atoms with E-state index in [4.69, 9.17) is 10.2 Å². The molecule has 0 aromatic heterocycles. The lowest BCUT2D eigenvalue weighted by Gasteiger charge is -2.32. The van der Waals surface area contributed by atoms with E-state index in [1.165, 1.54) is 19.3 Å². The Bertz CT molecular complexity index is 982. The maximum Gasteiger partial charge on any atom is 0.328 e. The zero-order valence-electron chi connectivity index (χ0n) is 18.1. The summed E-state index contributed by atoms with van der Waals surface area (Å²) in [5.74, 6) is -2.32. The van der Waals surface area contributed by atoms with Gasteiger partial charge in [-0.3, -0.25) is 14.6 Å². The molecule has 0 spiro atoms. The first kappa shape index (κ1) is 23.2. The summed E-state index contributed by atoms with van der Waals surface area (Å²) in [5.41, 5.74) is 2.68. The van der Waals surface area contributed by atoms with E-state index in [1.807, 2.05) is 35.2 Å². The maximum atomic E-state index is 13.5. The molecule has 0 bridgehead atoms. The van der Waals surface area contributed by atoms with Crippen molar-refractivity contribution in [1.29, 1.82) is 0 Å². The number of para-hydroxylation sites is 1. The van der Waals surface area contributed by atoms with E-state index in [-0.39, 0.29) is 5.91 Å². The number of nitrogens with zero attached hydrogens (tertiary/aromatic N) is 2. The molecule has 32 heavy (non-hydrogen) atoms. The van der Waals surface area contributed by atoms with Gasteiger partial charge in [0.05, 0.1) is 12.1 Å². The summed E-state index contributed by atoms with van der Waals surface area (Å²) in [4.78, 5) is 37.0. The molecule has 1 unspecified atom stereocenters. The van der Waals surface area contributed by atoms with Gasteiger partial charge in [-0.2, -0.15) is 0 Å². The standard InChI is InChI=1S/C21H24N2O.C4H4O4/c1-21(17-10-4-2-5-11-17)18-12-6-7-13-19(18)23(20(21)24)16-22-14-8-3-9-15-22;5-3(6)1-2-4(7)8/h2,4-7,10-13H,3,8-9,14-16H2,1H3;1-2H,(H,5,6)(H,7,8)/b;2-1+.